The molecule has 0 saturated heterocycles. The van der Waals surface area contributed by atoms with Gasteiger partial charge in [-0.2, -0.15) is 0 Å². The fourth-order valence-electron chi connectivity index (χ4n) is 0. The van der Waals surface area contributed by atoms with Crippen LogP contribution in [0, 0.1) is 0 Å². The molecule has 0 aliphatic heterocycles. The molecule has 0 heterocycles. The maximum atomic E-state index is 8.54. The third-order valence-corrected chi connectivity index (χ3v) is 0. The molecule has 0 aliphatic carbocycles. The first-order valence-electron chi connectivity index (χ1n) is 1.00. The zero-order valence-corrected chi connectivity index (χ0v) is 9.18. The molecule has 6 nitrogen and oxygen atoms in total. The summed E-state index contributed by atoms with van der Waals surface area (Å²) in [6.45, 7) is 0. The molecule has 0 spiro atoms. The summed E-state index contributed by atoms with van der Waals surface area (Å²) in [5.41, 5.74) is 0. The van der Waals surface area contributed by atoms with E-state index in [-0.39, 0.29) is 40.1 Å². The summed E-state index contributed by atoms with van der Waals surface area (Å²) >= 11 is -7.58. The average Bonchev–Trinajstić information content (AvgIpc) is 1.25. The van der Waals surface area contributed by atoms with Gasteiger partial charge in [0.2, 0.25) is 0 Å². The van der Waals surface area contributed by atoms with Crippen LogP contribution in [0.3, 0.4) is 0 Å². The minimum atomic E-state index is -3.79. The van der Waals surface area contributed by atoms with Gasteiger partial charge in [0.05, 0.1) is 0 Å². The van der Waals surface area contributed by atoms with Gasteiger partial charge in [-0.3, -0.25) is 0 Å². The van der Waals surface area contributed by atoms with Crippen LogP contribution in [0.15, 0.2) is 0 Å². The molecule has 0 fully saturated rings. The molecule has 1 radical (unpaired) electrons. The zero-order valence-electron chi connectivity index (χ0n) is 4.27. The van der Waals surface area contributed by atoms with Crippen molar-refractivity contribution >= 4 is 23.1 Å². The standard InChI is InChI=1S/2Cr.Cu.Mg.6O/q;;2*+2;;;4*-1. The number of hydrogen-bond donors (Lipinski definition) is 0. The Morgan fingerprint density at radius 3 is 0.800 bits per heavy atom. The number of hydrogen-bond acceptors (Lipinski definition) is 6. The molecule has 0 aromatic carbocycles. The average molecular weight is 288 g/mol. The Hall–Kier alpha value is 1.79. The molecule has 0 unspecified atom stereocenters. The van der Waals surface area contributed by atoms with Crippen molar-refractivity contribution in [2.75, 3.05) is 0 Å². The molecule has 0 atom stereocenters. The second-order valence-corrected chi connectivity index (χ2v) is 1.68. The van der Waals surface area contributed by atoms with Crippen molar-refractivity contribution in [3.63, 3.8) is 0 Å². The summed E-state index contributed by atoms with van der Waals surface area (Å²) in [6.07, 6.45) is 0. The van der Waals surface area contributed by atoms with Crippen LogP contribution in [0.4, 0.5) is 0 Å². The first-order chi connectivity index (χ1) is 3.46. The summed E-state index contributed by atoms with van der Waals surface area (Å²) in [6, 6.07) is 0. The summed E-state index contributed by atoms with van der Waals surface area (Å²) < 4.78 is 51.2. The van der Waals surface area contributed by atoms with E-state index in [1.54, 1.807) is 0 Å². The van der Waals surface area contributed by atoms with E-state index in [1.165, 1.54) is 0 Å². The Morgan fingerprint density at radius 2 is 0.800 bits per heavy atom. The summed E-state index contributed by atoms with van der Waals surface area (Å²) in [5, 5.41) is 0. The van der Waals surface area contributed by atoms with Gasteiger partial charge in [0.25, 0.3) is 0 Å². The predicted molar refractivity (Wildman–Crippen MR) is 7.13 cm³/mol. The molecule has 10 heteroatoms. The Bertz CT molecular complexity index is 73.7. The van der Waals surface area contributed by atoms with E-state index in [0.29, 0.717) is 0 Å². The maximum absolute atomic E-state index is 8.54. The molecule has 10 heavy (non-hydrogen) atoms. The van der Waals surface area contributed by atoms with Gasteiger partial charge >= 0.3 is 93.9 Å². The van der Waals surface area contributed by atoms with Gasteiger partial charge in [0.1, 0.15) is 0 Å². The van der Waals surface area contributed by atoms with Gasteiger partial charge in [-0.15, -0.1) is 0 Å². The molecule has 0 bridgehead atoms. The van der Waals surface area contributed by atoms with Gasteiger partial charge in [-0.25, -0.2) is 0 Å². The first-order valence-corrected chi connectivity index (χ1v) is 4.12. The molecule has 0 aromatic rings. The molecular weight excluding hydrogens is 288 g/mol. The summed E-state index contributed by atoms with van der Waals surface area (Å²) in [4.78, 5) is 0. The van der Waals surface area contributed by atoms with Gasteiger partial charge in [-0.1, -0.05) is 0 Å². The van der Waals surface area contributed by atoms with Crippen molar-refractivity contribution in [3.8, 4) is 0 Å². The van der Waals surface area contributed by atoms with Gasteiger partial charge < -0.3 is 0 Å². The van der Waals surface area contributed by atoms with Crippen LogP contribution in [0.5, 0.6) is 0 Å². The normalized spacial score (nSPS) is 7.00. The van der Waals surface area contributed by atoms with E-state index in [2.05, 4.69) is 0 Å². The van der Waals surface area contributed by atoms with Crippen molar-refractivity contribution in [3.05, 3.63) is 0 Å². The summed E-state index contributed by atoms with van der Waals surface area (Å²) in [5.74, 6) is 0. The molecule has 61 valence electrons. The first kappa shape index (κ1) is 22.6. The molecule has 0 N–H and O–H groups in total. The van der Waals surface area contributed by atoms with Crippen LogP contribution in [0.25, 0.3) is 0 Å². The van der Waals surface area contributed by atoms with Crippen LogP contribution in [0.1, 0.15) is 0 Å². The molecule has 0 aromatic heterocycles. The van der Waals surface area contributed by atoms with Crippen molar-refractivity contribution in [2.24, 2.45) is 0 Å². The van der Waals surface area contributed by atoms with E-state index in [4.69, 9.17) is 24.2 Å². The molecule has 0 amide bonds. The Balaban J connectivity index is -0.0000000300. The zero-order chi connectivity index (χ0) is 7.15. The minimum absolute atomic E-state index is 0. The topological polar surface area (TPSA) is 126 Å². The second kappa shape index (κ2) is 17.0. The number of rotatable bonds is 0. The molecular formula is Cr2CuMgO6. The SMILES string of the molecule is [Cu+2].[Mg+2].[O]=[Cr]([O-])[O-].[O]=[Cr]([O-])[O-]. The second-order valence-electron chi connectivity index (χ2n) is 0.408. The predicted octanol–water partition coefficient (Wildman–Crippen LogP) is -5.38. The van der Waals surface area contributed by atoms with Crippen LogP contribution < -0.4 is 16.6 Å². The molecule has 0 saturated carbocycles. The van der Waals surface area contributed by atoms with Crippen molar-refractivity contribution < 1.29 is 70.8 Å². The van der Waals surface area contributed by atoms with E-state index in [9.17, 15) is 0 Å². The third kappa shape index (κ3) is 236. The van der Waals surface area contributed by atoms with Gasteiger partial charge in [-0.05, 0) is 0 Å². The Kier molecular flexibility index (Phi) is 38.5. The van der Waals surface area contributed by atoms with E-state index in [0.717, 1.165) is 0 Å². The van der Waals surface area contributed by atoms with E-state index < -0.39 is 29.5 Å². The Labute approximate surface area is 93.0 Å². The van der Waals surface area contributed by atoms with Crippen molar-refractivity contribution in [2.45, 2.75) is 0 Å². The van der Waals surface area contributed by atoms with Gasteiger partial charge in [0, 0.05) is 0 Å². The van der Waals surface area contributed by atoms with Gasteiger partial charge in [0.15, 0.2) is 0 Å². The van der Waals surface area contributed by atoms with Crippen LogP contribution in [-0.2, 0) is 54.2 Å². The summed E-state index contributed by atoms with van der Waals surface area (Å²) in [7, 11) is 0. The molecule has 0 rings (SSSR count). The van der Waals surface area contributed by atoms with Crippen LogP contribution in [0.2, 0.25) is 0 Å². The van der Waals surface area contributed by atoms with Crippen molar-refractivity contribution in [1.82, 2.24) is 0 Å². The third-order valence-electron chi connectivity index (χ3n) is 0. The Morgan fingerprint density at radius 1 is 0.800 bits per heavy atom. The monoisotopic (exact) mass is 287 g/mol. The van der Waals surface area contributed by atoms with Crippen LogP contribution >= 0.6 is 0 Å². The van der Waals surface area contributed by atoms with E-state index in [1.807, 2.05) is 0 Å². The molecule has 0 aliphatic rings. The quantitative estimate of drug-likeness (QED) is 0.409. The van der Waals surface area contributed by atoms with Crippen molar-refractivity contribution in [1.29, 1.82) is 0 Å². The fourth-order valence-corrected chi connectivity index (χ4v) is 0. The van der Waals surface area contributed by atoms with E-state index >= 15 is 0 Å². The van der Waals surface area contributed by atoms with Crippen LogP contribution in [-0.4, -0.2) is 23.1 Å². The fraction of sp³-hybridized carbons (Fsp3) is 0.